The molecule has 0 atom stereocenters. The van der Waals surface area contributed by atoms with E-state index in [0.29, 0.717) is 0 Å². The van der Waals surface area contributed by atoms with Crippen LogP contribution in [0.15, 0.2) is 158 Å². The molecule has 0 aliphatic carbocycles. The number of hydrogen-bond acceptors (Lipinski definition) is 3. The Morgan fingerprint density at radius 2 is 0.854 bits per heavy atom. The molecule has 0 saturated heterocycles. The Morgan fingerprint density at radius 3 is 1.31 bits per heavy atom. The highest BCUT2D eigenvalue weighted by atomic mass is 16.5. The molecule has 0 radical (unpaired) electrons. The second-order valence-corrected chi connectivity index (χ2v) is 12.6. The van der Waals surface area contributed by atoms with Crippen LogP contribution in [0.25, 0.3) is 22.3 Å². The van der Waals surface area contributed by atoms with E-state index in [1.165, 1.54) is 11.1 Å². The summed E-state index contributed by atoms with van der Waals surface area (Å²) in [6.07, 6.45) is 0. The van der Waals surface area contributed by atoms with Gasteiger partial charge in [0.25, 0.3) is 6.71 Å². The van der Waals surface area contributed by atoms with Gasteiger partial charge in [-0.3, -0.25) is 0 Å². The number of ether oxygens (including phenoxy) is 2. The summed E-state index contributed by atoms with van der Waals surface area (Å²) in [5.74, 6) is 3.37. The van der Waals surface area contributed by atoms with Gasteiger partial charge in [-0.05, 0) is 82.4 Å². The molecule has 9 rings (SSSR count). The third-order valence-electron chi connectivity index (χ3n) is 9.65. The summed E-state index contributed by atoms with van der Waals surface area (Å²) in [5, 5.41) is 0. The third-order valence-corrected chi connectivity index (χ3v) is 9.65. The average Bonchev–Trinajstić information content (AvgIpc) is 3.13. The highest BCUT2D eigenvalue weighted by molar-refractivity contribution is 6.98. The predicted octanol–water partition coefficient (Wildman–Crippen LogP) is 9.83. The highest BCUT2D eigenvalue weighted by Crippen LogP contribution is 2.44. The van der Waals surface area contributed by atoms with Crippen LogP contribution in [0.2, 0.25) is 0 Å². The van der Waals surface area contributed by atoms with Gasteiger partial charge in [-0.15, -0.1) is 0 Å². The minimum atomic E-state index is -0.0310. The van der Waals surface area contributed by atoms with E-state index in [-0.39, 0.29) is 6.71 Å². The molecule has 2 aliphatic heterocycles. The zero-order valence-corrected chi connectivity index (χ0v) is 26.9. The Kier molecular flexibility index (Phi) is 6.68. The summed E-state index contributed by atoms with van der Waals surface area (Å²) >= 11 is 0. The number of fused-ring (bicyclic) bond motifs is 4. The van der Waals surface area contributed by atoms with Crippen molar-refractivity contribution >= 4 is 40.2 Å². The monoisotopic (exact) mass is 617 g/mol. The zero-order chi connectivity index (χ0) is 32.2. The van der Waals surface area contributed by atoms with Gasteiger partial charge in [0.05, 0.1) is 5.69 Å². The molecule has 4 heteroatoms. The largest absolute Gasteiger partial charge is 0.458 e. The van der Waals surface area contributed by atoms with Crippen LogP contribution < -0.4 is 30.8 Å². The summed E-state index contributed by atoms with van der Waals surface area (Å²) in [6.45, 7) is 4.29. The molecule has 0 N–H and O–H groups in total. The molecule has 0 unspecified atom stereocenters. The molecular formula is C44H32BNO2. The summed E-state index contributed by atoms with van der Waals surface area (Å²) in [7, 11) is 0. The second kappa shape index (κ2) is 11.4. The average molecular weight is 618 g/mol. The van der Waals surface area contributed by atoms with Gasteiger partial charge in [0.1, 0.15) is 23.0 Å². The Morgan fingerprint density at radius 1 is 0.417 bits per heavy atom. The summed E-state index contributed by atoms with van der Waals surface area (Å²) < 4.78 is 13.8. The van der Waals surface area contributed by atoms with Gasteiger partial charge in [-0.2, -0.15) is 0 Å². The van der Waals surface area contributed by atoms with Crippen molar-refractivity contribution in [1.29, 1.82) is 0 Å². The first-order valence-electron chi connectivity index (χ1n) is 16.5. The quantitative estimate of drug-likeness (QED) is 0.180. The molecule has 2 aliphatic rings. The summed E-state index contributed by atoms with van der Waals surface area (Å²) in [5.41, 5.74) is 13.5. The van der Waals surface area contributed by atoms with Crippen molar-refractivity contribution in [1.82, 2.24) is 0 Å². The van der Waals surface area contributed by atoms with E-state index >= 15 is 0 Å². The molecule has 3 nitrogen and oxygen atoms in total. The molecule has 0 bridgehead atoms. The highest BCUT2D eigenvalue weighted by Gasteiger charge is 2.41. The van der Waals surface area contributed by atoms with Gasteiger partial charge < -0.3 is 14.4 Å². The van der Waals surface area contributed by atoms with Crippen molar-refractivity contribution in [3.05, 3.63) is 169 Å². The van der Waals surface area contributed by atoms with Crippen molar-refractivity contribution in [2.45, 2.75) is 13.8 Å². The first kappa shape index (κ1) is 28.2. The molecule has 0 amide bonds. The van der Waals surface area contributed by atoms with E-state index < -0.39 is 0 Å². The van der Waals surface area contributed by atoms with E-state index in [0.717, 1.165) is 78.7 Å². The number of para-hydroxylation sites is 2. The van der Waals surface area contributed by atoms with Gasteiger partial charge >= 0.3 is 0 Å². The molecule has 0 aromatic heterocycles. The van der Waals surface area contributed by atoms with Gasteiger partial charge in [-0.1, -0.05) is 121 Å². The fourth-order valence-electron chi connectivity index (χ4n) is 7.26. The lowest BCUT2D eigenvalue weighted by molar-refractivity contribution is 0.465. The fraction of sp³-hybridized carbons (Fsp3) is 0.0455. The lowest BCUT2D eigenvalue weighted by atomic mass is 9.34. The summed E-state index contributed by atoms with van der Waals surface area (Å²) in [4.78, 5) is 2.33. The normalized spacial score (nSPS) is 12.2. The maximum absolute atomic E-state index is 6.91. The van der Waals surface area contributed by atoms with Gasteiger partial charge in [-0.25, -0.2) is 0 Å². The number of aryl methyl sites for hydroxylation is 2. The molecule has 228 valence electrons. The van der Waals surface area contributed by atoms with Crippen LogP contribution >= 0.6 is 0 Å². The number of nitrogens with zero attached hydrogens (tertiary/aromatic N) is 1. The molecule has 7 aromatic carbocycles. The van der Waals surface area contributed by atoms with E-state index in [2.05, 4.69) is 176 Å². The van der Waals surface area contributed by atoms with Crippen molar-refractivity contribution in [2.75, 3.05) is 4.90 Å². The standard InChI is InChI=1S/C44H32BNO2/c1-29-13-9-11-19-38(29)46(39-20-12-10-14-30(39)2)35-27-42-44-43(28-35)48-41-26-34(32-17-7-4-8-18-32)22-24-37(41)45(44)36-23-21-33(25-40(36)47-42)31-15-5-3-6-16-31/h3-28H,1-2H3. The molecular weight excluding hydrogens is 585 g/mol. The van der Waals surface area contributed by atoms with Crippen molar-refractivity contribution in [3.8, 4) is 45.3 Å². The van der Waals surface area contributed by atoms with E-state index in [9.17, 15) is 0 Å². The first-order chi connectivity index (χ1) is 23.6. The van der Waals surface area contributed by atoms with Crippen molar-refractivity contribution in [3.63, 3.8) is 0 Å². The smallest absolute Gasteiger partial charge is 0.260 e. The number of hydrogen-bond donors (Lipinski definition) is 0. The molecule has 48 heavy (non-hydrogen) atoms. The topological polar surface area (TPSA) is 21.7 Å². The Hall–Kier alpha value is -6.00. The Balaban J connectivity index is 1.27. The summed E-state index contributed by atoms with van der Waals surface area (Å²) in [6, 6.07) is 55.7. The maximum Gasteiger partial charge on any atom is 0.260 e. The van der Waals surface area contributed by atoms with Crippen LogP contribution in [-0.2, 0) is 0 Å². The number of anilines is 3. The van der Waals surface area contributed by atoms with Gasteiger partial charge in [0, 0.05) is 29.0 Å². The predicted molar refractivity (Wildman–Crippen MR) is 199 cm³/mol. The minimum absolute atomic E-state index is 0.0310. The van der Waals surface area contributed by atoms with Crippen LogP contribution in [0, 0.1) is 13.8 Å². The SMILES string of the molecule is Cc1ccccc1N(c1cc2c3c(c1)Oc1cc(-c4ccccc4)ccc1B3c1ccc(-c3ccccc3)cc1O2)c1ccccc1C. The molecule has 0 saturated carbocycles. The van der Waals surface area contributed by atoms with E-state index in [1.54, 1.807) is 0 Å². The Labute approximate surface area is 281 Å². The molecule has 2 heterocycles. The fourth-order valence-corrected chi connectivity index (χ4v) is 7.26. The molecule has 0 fully saturated rings. The molecule has 7 aromatic rings. The first-order valence-corrected chi connectivity index (χ1v) is 16.5. The third kappa shape index (κ3) is 4.68. The van der Waals surface area contributed by atoms with Crippen molar-refractivity contribution in [2.24, 2.45) is 0 Å². The van der Waals surface area contributed by atoms with Gasteiger partial charge in [0.15, 0.2) is 0 Å². The lowest BCUT2D eigenvalue weighted by Gasteiger charge is -2.35. The van der Waals surface area contributed by atoms with Crippen LogP contribution in [0.5, 0.6) is 23.0 Å². The van der Waals surface area contributed by atoms with Crippen LogP contribution in [0.4, 0.5) is 17.1 Å². The Bertz CT molecular complexity index is 2170. The van der Waals surface area contributed by atoms with Crippen LogP contribution in [0.3, 0.4) is 0 Å². The number of benzene rings is 7. The van der Waals surface area contributed by atoms with Crippen LogP contribution in [-0.4, -0.2) is 6.71 Å². The minimum Gasteiger partial charge on any atom is -0.458 e. The van der Waals surface area contributed by atoms with E-state index in [4.69, 9.17) is 9.47 Å². The lowest BCUT2D eigenvalue weighted by Crippen LogP contribution is -2.57. The molecule has 0 spiro atoms. The van der Waals surface area contributed by atoms with Crippen LogP contribution in [0.1, 0.15) is 11.1 Å². The maximum atomic E-state index is 6.91. The van der Waals surface area contributed by atoms with Crippen molar-refractivity contribution < 1.29 is 9.47 Å². The van der Waals surface area contributed by atoms with E-state index in [1.807, 2.05) is 0 Å². The second-order valence-electron chi connectivity index (χ2n) is 12.6. The number of rotatable bonds is 5. The van der Waals surface area contributed by atoms with Gasteiger partial charge in [0.2, 0.25) is 0 Å². The zero-order valence-electron chi connectivity index (χ0n) is 26.9.